The van der Waals surface area contributed by atoms with Gasteiger partial charge in [0, 0.05) is 29.3 Å². The first-order chi connectivity index (χ1) is 17.8. The number of thiophene rings is 4. The summed E-state index contributed by atoms with van der Waals surface area (Å²) in [6, 6.07) is 32.4. The lowest BCUT2D eigenvalue weighted by molar-refractivity contribution is 0.926. The van der Waals surface area contributed by atoms with E-state index in [-0.39, 0.29) is 0 Å². The second-order valence-electron chi connectivity index (χ2n) is 9.27. The Balaban J connectivity index is 1.23. The van der Waals surface area contributed by atoms with Gasteiger partial charge in [-0.2, -0.15) is 0 Å². The van der Waals surface area contributed by atoms with Crippen molar-refractivity contribution in [2.45, 2.75) is 25.7 Å². The summed E-state index contributed by atoms with van der Waals surface area (Å²) in [7, 11) is 0. The number of rotatable bonds is 4. The van der Waals surface area contributed by atoms with Crippen LogP contribution in [0.1, 0.15) is 22.3 Å². The Hall–Kier alpha value is -2.76. The van der Waals surface area contributed by atoms with Crippen LogP contribution in [0.25, 0.3) is 40.4 Å². The van der Waals surface area contributed by atoms with Crippen molar-refractivity contribution in [2.24, 2.45) is 0 Å². The maximum absolute atomic E-state index is 2.47. The predicted octanol–water partition coefficient (Wildman–Crippen LogP) is 10.5. The molecule has 0 aliphatic heterocycles. The van der Waals surface area contributed by atoms with Crippen LogP contribution in [0.15, 0.2) is 95.7 Å². The average Bonchev–Trinajstić information content (AvgIpc) is 3.71. The molecule has 0 radical (unpaired) electrons. The minimum Gasteiger partial charge on any atom is -0.143 e. The SMILES string of the molecule is c1csc(-c2ccc(-c3cc4ccc3CCc3ccc(c(-c5ccc(-c6cccs6)s5)c3)CC4)s2)c1. The number of hydrogen-bond donors (Lipinski definition) is 0. The fraction of sp³-hybridized carbons (Fsp3) is 0.125. The van der Waals surface area contributed by atoms with E-state index in [1.54, 1.807) is 0 Å². The number of hydrogen-bond acceptors (Lipinski definition) is 4. The van der Waals surface area contributed by atoms with Gasteiger partial charge in [0.05, 0.1) is 0 Å². The molecule has 0 fully saturated rings. The number of aryl methyl sites for hydroxylation is 4. The van der Waals surface area contributed by atoms with E-state index < -0.39 is 0 Å². The lowest BCUT2D eigenvalue weighted by Gasteiger charge is -2.16. The monoisotopic (exact) mass is 536 g/mol. The van der Waals surface area contributed by atoms with Gasteiger partial charge in [-0.25, -0.2) is 0 Å². The molecule has 10 rings (SSSR count). The standard InChI is InChI=1S/C32H24S4/c1-3-29(33-17-1)31-15-13-27(35-31)25-19-21-5-9-23(25)11-7-22-6-10-24(12-8-21)26(20-22)28-14-16-32(36-28)30-4-2-18-34-30/h1-6,9-10,13-20H,7-8,11-12H2. The molecule has 0 atom stereocenters. The molecule has 0 nitrogen and oxygen atoms in total. The smallest absolute Gasteiger partial charge is 0.0449 e. The molecule has 2 aromatic carbocycles. The van der Waals surface area contributed by atoms with Gasteiger partial charge in [-0.1, -0.05) is 48.5 Å². The topological polar surface area (TPSA) is 0 Å². The average molecular weight is 537 g/mol. The molecule has 0 spiro atoms. The molecule has 6 aromatic rings. The van der Waals surface area contributed by atoms with Gasteiger partial charge >= 0.3 is 0 Å². The van der Waals surface area contributed by atoms with Crippen molar-refractivity contribution >= 4 is 45.3 Å². The molecule has 4 aliphatic rings. The lowest BCUT2D eigenvalue weighted by Crippen LogP contribution is -2.01. The zero-order valence-electron chi connectivity index (χ0n) is 19.7. The fourth-order valence-corrected chi connectivity index (χ4v) is 8.86. The molecule has 0 saturated carbocycles. The van der Waals surface area contributed by atoms with Crippen LogP contribution in [-0.4, -0.2) is 0 Å². The minimum absolute atomic E-state index is 1.06. The summed E-state index contributed by atoms with van der Waals surface area (Å²) in [6.07, 6.45) is 4.24. The quantitative estimate of drug-likeness (QED) is 0.210. The summed E-state index contributed by atoms with van der Waals surface area (Å²) < 4.78 is 0. The maximum Gasteiger partial charge on any atom is 0.0449 e. The molecule has 0 N–H and O–H groups in total. The van der Waals surface area contributed by atoms with E-state index >= 15 is 0 Å². The third-order valence-electron chi connectivity index (χ3n) is 6.99. The maximum atomic E-state index is 2.47. The van der Waals surface area contributed by atoms with E-state index in [1.807, 2.05) is 45.3 Å². The van der Waals surface area contributed by atoms with Crippen molar-refractivity contribution in [1.29, 1.82) is 0 Å². The van der Waals surface area contributed by atoms with E-state index in [2.05, 4.69) is 95.7 Å². The zero-order valence-corrected chi connectivity index (χ0v) is 23.0. The summed E-state index contributed by atoms with van der Waals surface area (Å²) >= 11 is 7.50. The Morgan fingerprint density at radius 1 is 0.417 bits per heavy atom. The first-order valence-corrected chi connectivity index (χ1v) is 15.7. The molecule has 4 heterocycles. The van der Waals surface area contributed by atoms with Crippen molar-refractivity contribution in [3.63, 3.8) is 0 Å². The lowest BCUT2D eigenvalue weighted by atomic mass is 9.90. The Morgan fingerprint density at radius 2 is 0.889 bits per heavy atom. The highest BCUT2D eigenvalue weighted by molar-refractivity contribution is 7.23. The van der Waals surface area contributed by atoms with E-state index in [0.29, 0.717) is 0 Å². The Bertz CT molecular complexity index is 1500. The van der Waals surface area contributed by atoms with Crippen LogP contribution in [0.3, 0.4) is 0 Å². The van der Waals surface area contributed by atoms with E-state index in [9.17, 15) is 0 Å². The van der Waals surface area contributed by atoms with E-state index in [4.69, 9.17) is 0 Å². The Morgan fingerprint density at radius 3 is 1.33 bits per heavy atom. The van der Waals surface area contributed by atoms with Gasteiger partial charge in [-0.3, -0.25) is 0 Å². The van der Waals surface area contributed by atoms with Gasteiger partial charge in [-0.15, -0.1) is 45.3 Å². The molecule has 176 valence electrons. The van der Waals surface area contributed by atoms with Gasteiger partial charge < -0.3 is 0 Å². The van der Waals surface area contributed by atoms with Crippen molar-refractivity contribution < 1.29 is 0 Å². The van der Waals surface area contributed by atoms with Gasteiger partial charge in [0.1, 0.15) is 0 Å². The highest BCUT2D eigenvalue weighted by Gasteiger charge is 2.16. The second kappa shape index (κ2) is 9.60. The summed E-state index contributed by atoms with van der Waals surface area (Å²) in [5.74, 6) is 0. The summed E-state index contributed by atoms with van der Waals surface area (Å²) in [5.41, 5.74) is 8.63. The van der Waals surface area contributed by atoms with E-state index in [0.717, 1.165) is 25.7 Å². The number of benzene rings is 2. The van der Waals surface area contributed by atoms with Crippen molar-refractivity contribution in [2.75, 3.05) is 0 Å². The van der Waals surface area contributed by atoms with Crippen molar-refractivity contribution in [3.8, 4) is 40.4 Å². The minimum atomic E-state index is 1.06. The summed E-state index contributed by atoms with van der Waals surface area (Å²) in [6.45, 7) is 0. The van der Waals surface area contributed by atoms with E-state index in [1.165, 1.54) is 62.6 Å². The fourth-order valence-electron chi connectivity index (χ4n) is 5.08. The summed E-state index contributed by atoms with van der Waals surface area (Å²) in [5, 5.41) is 4.33. The van der Waals surface area contributed by atoms with Crippen LogP contribution in [0.5, 0.6) is 0 Å². The molecule has 4 heteroatoms. The van der Waals surface area contributed by atoms with Gasteiger partial charge in [0.15, 0.2) is 0 Å². The van der Waals surface area contributed by atoms with Crippen LogP contribution >= 0.6 is 45.3 Å². The molecular formula is C32H24S4. The first-order valence-electron chi connectivity index (χ1n) is 12.3. The predicted molar refractivity (Wildman–Crippen MR) is 161 cm³/mol. The summed E-state index contributed by atoms with van der Waals surface area (Å²) in [4.78, 5) is 8.25. The van der Waals surface area contributed by atoms with Crippen LogP contribution in [-0.2, 0) is 25.7 Å². The van der Waals surface area contributed by atoms with Gasteiger partial charge in [0.25, 0.3) is 0 Å². The molecule has 0 unspecified atom stereocenters. The molecule has 36 heavy (non-hydrogen) atoms. The largest absolute Gasteiger partial charge is 0.143 e. The molecular weight excluding hydrogens is 513 g/mol. The van der Waals surface area contributed by atoms with Gasteiger partial charge in [-0.05, 0) is 106 Å². The zero-order chi connectivity index (χ0) is 23.9. The van der Waals surface area contributed by atoms with Gasteiger partial charge in [0.2, 0.25) is 0 Å². The van der Waals surface area contributed by atoms with Crippen LogP contribution in [0.2, 0.25) is 0 Å². The highest BCUT2D eigenvalue weighted by Crippen LogP contribution is 2.41. The third kappa shape index (κ3) is 4.33. The van der Waals surface area contributed by atoms with Crippen LogP contribution in [0, 0.1) is 0 Å². The van der Waals surface area contributed by atoms with Crippen molar-refractivity contribution in [1.82, 2.24) is 0 Å². The molecule has 0 amide bonds. The Kier molecular flexibility index (Phi) is 5.99. The molecule has 4 aliphatic carbocycles. The molecule has 4 aromatic heterocycles. The van der Waals surface area contributed by atoms with Crippen LogP contribution in [0.4, 0.5) is 0 Å². The van der Waals surface area contributed by atoms with Crippen LogP contribution < -0.4 is 0 Å². The van der Waals surface area contributed by atoms with Crippen molar-refractivity contribution in [3.05, 3.63) is 118 Å². The second-order valence-corrected chi connectivity index (χ2v) is 13.3. The third-order valence-corrected chi connectivity index (χ3v) is 11.4. The molecule has 4 bridgehead atoms. The first kappa shape index (κ1) is 22.4. The highest BCUT2D eigenvalue weighted by atomic mass is 32.1. The Labute approximate surface area is 228 Å². The molecule has 0 saturated heterocycles. The normalized spacial score (nSPS) is 13.1.